The normalized spacial score (nSPS) is 17.2. The van der Waals surface area contributed by atoms with Gasteiger partial charge < -0.3 is 49.7 Å². The summed E-state index contributed by atoms with van der Waals surface area (Å²) >= 11 is 0. The molecule has 3 amide bonds. The number of allylic oxidation sites excluding steroid dienone is 1. The van der Waals surface area contributed by atoms with Crippen molar-refractivity contribution in [1.82, 2.24) is 68.7 Å². The van der Waals surface area contributed by atoms with Gasteiger partial charge in [0.15, 0.2) is 11.3 Å². The molecule has 1 unspecified atom stereocenters. The largest absolute Gasteiger partial charge is 0.365 e. The Balaban J connectivity index is 0.000000153. The second kappa shape index (κ2) is 31.9. The van der Waals surface area contributed by atoms with Crippen molar-refractivity contribution in [2.45, 2.75) is 149 Å². The number of nitrogens with one attached hydrogen (secondary N) is 2. The van der Waals surface area contributed by atoms with Crippen LogP contribution in [0.1, 0.15) is 70.7 Å². The number of aromatic nitrogens is 11. The molecule has 8 aromatic rings. The van der Waals surface area contributed by atoms with E-state index >= 15 is 0 Å². The van der Waals surface area contributed by atoms with E-state index < -0.39 is 22.1 Å². The number of fused-ring (bicyclic) bond motifs is 3. The summed E-state index contributed by atoms with van der Waals surface area (Å²) in [6.07, 6.45) is 25.1. The molecule has 0 spiro atoms. The third-order valence-corrected chi connectivity index (χ3v) is 19.8. The molecule has 3 aliphatic heterocycles. The van der Waals surface area contributed by atoms with E-state index in [4.69, 9.17) is 25.2 Å². The molecule has 3 fully saturated rings. The van der Waals surface area contributed by atoms with Crippen LogP contribution in [-0.2, 0) is 43.7 Å². The number of halogens is 1. The van der Waals surface area contributed by atoms with E-state index in [0.717, 1.165) is 159 Å². The summed E-state index contributed by atoms with van der Waals surface area (Å²) < 4.78 is 29.5. The van der Waals surface area contributed by atoms with Crippen LogP contribution in [0.2, 0.25) is 51.4 Å². The van der Waals surface area contributed by atoms with Crippen molar-refractivity contribution in [1.29, 1.82) is 0 Å². The van der Waals surface area contributed by atoms with Crippen molar-refractivity contribution < 1.29 is 28.2 Å². The van der Waals surface area contributed by atoms with Gasteiger partial charge in [0.2, 0.25) is 23.7 Å². The van der Waals surface area contributed by atoms with Crippen molar-refractivity contribution in [3.05, 3.63) is 122 Å². The first-order valence-corrected chi connectivity index (χ1v) is 39.4. The molecule has 8 aromatic heterocycles. The SMILES string of the molecule is CC(=O)N1CCCC(N)C1.CC(=O)N1CCC[C@H](Nc2ncccc2-c2cnc3c(n2)CC=C3)C1.CC(=O)N1CCC[C@H](Nc2ncccc2-c2cnc3ccn(COCC[Si](C)(C)C)c3n2)C1.C[Si](C)(C)CCOCn1ccc2ncc(-c3cccnc3F)nc21. The molecule has 92 heavy (non-hydrogen) atoms. The lowest BCUT2D eigenvalue weighted by atomic mass is 10.0. The van der Waals surface area contributed by atoms with Gasteiger partial charge >= 0.3 is 0 Å². The first-order chi connectivity index (χ1) is 44.1. The van der Waals surface area contributed by atoms with Gasteiger partial charge in [-0.15, -0.1) is 0 Å². The minimum absolute atomic E-state index is 0.117. The zero-order valence-corrected chi connectivity index (χ0v) is 56.8. The summed E-state index contributed by atoms with van der Waals surface area (Å²) in [5, 5.41) is 7.06. The zero-order valence-electron chi connectivity index (χ0n) is 54.8. The predicted octanol–water partition coefficient (Wildman–Crippen LogP) is 10.7. The van der Waals surface area contributed by atoms with E-state index in [1.165, 1.54) is 6.20 Å². The number of amides is 3. The van der Waals surface area contributed by atoms with Crippen LogP contribution in [0.15, 0.2) is 104 Å². The Bertz CT molecular complexity index is 3810. The van der Waals surface area contributed by atoms with Crippen molar-refractivity contribution in [2.75, 3.05) is 63.1 Å². The lowest BCUT2D eigenvalue weighted by Crippen LogP contribution is -2.44. The number of hydrogen-bond acceptors (Lipinski definition) is 17. The summed E-state index contributed by atoms with van der Waals surface area (Å²) in [7, 11) is -2.22. The molecule has 488 valence electrons. The Kier molecular flexibility index (Phi) is 23.6. The van der Waals surface area contributed by atoms with Crippen molar-refractivity contribution in [3.8, 4) is 33.8 Å². The number of carbonyl (C=O) groups excluding carboxylic acids is 3. The van der Waals surface area contributed by atoms with Crippen molar-refractivity contribution in [3.63, 3.8) is 0 Å². The molecule has 3 saturated heterocycles. The highest BCUT2D eigenvalue weighted by Crippen LogP contribution is 2.30. The van der Waals surface area contributed by atoms with E-state index in [0.29, 0.717) is 43.5 Å². The average molecular weight is 1290 g/mol. The number of piperidine rings is 3. The van der Waals surface area contributed by atoms with Gasteiger partial charge in [-0.05, 0) is 105 Å². The Morgan fingerprint density at radius 1 is 0.576 bits per heavy atom. The quantitative estimate of drug-likeness (QED) is 0.0435. The number of likely N-dealkylation sites (tertiary alicyclic amines) is 3. The lowest BCUT2D eigenvalue weighted by Gasteiger charge is -2.33. The number of pyridine rings is 3. The number of nitrogens with two attached hydrogens (primary N) is 1. The van der Waals surface area contributed by atoms with Gasteiger partial charge in [-0.3, -0.25) is 29.3 Å². The van der Waals surface area contributed by atoms with E-state index in [1.807, 2.05) is 78.7 Å². The van der Waals surface area contributed by atoms with Crippen LogP contribution in [0.4, 0.5) is 16.0 Å². The van der Waals surface area contributed by atoms with Crippen molar-refractivity contribution >= 4 is 73.9 Å². The minimum atomic E-state index is -1.12. The molecule has 0 radical (unpaired) electrons. The van der Waals surface area contributed by atoms with Crippen LogP contribution in [0.5, 0.6) is 0 Å². The maximum absolute atomic E-state index is 13.9. The molecule has 12 rings (SSSR count). The topological polar surface area (TPSA) is 255 Å². The van der Waals surface area contributed by atoms with E-state index in [1.54, 1.807) is 63.9 Å². The number of carbonyl (C=O) groups is 3. The summed E-state index contributed by atoms with van der Waals surface area (Å²) in [6, 6.07) is 17.9. The lowest BCUT2D eigenvalue weighted by molar-refractivity contribution is -0.130. The molecule has 0 bridgehead atoms. The zero-order chi connectivity index (χ0) is 65.4. The maximum atomic E-state index is 13.9. The van der Waals surface area contributed by atoms with E-state index in [9.17, 15) is 18.8 Å². The Morgan fingerprint density at radius 3 is 1.49 bits per heavy atom. The van der Waals surface area contributed by atoms with Crippen molar-refractivity contribution in [2.24, 2.45) is 5.73 Å². The fraction of sp³-hybridized carbons (Fsp3) is 0.463. The second-order valence-corrected chi connectivity index (χ2v) is 37.5. The molecular formula is C67H90FN17O5Si2. The van der Waals surface area contributed by atoms with Crippen LogP contribution in [-0.4, -0.2) is 173 Å². The van der Waals surface area contributed by atoms with Crippen LogP contribution < -0.4 is 16.4 Å². The molecule has 3 atom stereocenters. The molecule has 1 aliphatic carbocycles. The molecule has 11 heterocycles. The van der Waals surface area contributed by atoms with Crippen LogP contribution in [0.25, 0.3) is 62.2 Å². The highest BCUT2D eigenvalue weighted by atomic mass is 28.3. The third-order valence-electron chi connectivity index (χ3n) is 16.4. The van der Waals surface area contributed by atoms with Crippen LogP contribution in [0.3, 0.4) is 0 Å². The molecule has 25 heteroatoms. The predicted molar refractivity (Wildman–Crippen MR) is 365 cm³/mol. The average Bonchev–Trinajstić information content (AvgIpc) is 1.62. The number of anilines is 2. The Hall–Kier alpha value is -8.24. The summed E-state index contributed by atoms with van der Waals surface area (Å²) in [5.41, 5.74) is 15.0. The van der Waals surface area contributed by atoms with Gasteiger partial charge in [-0.25, -0.2) is 29.9 Å². The molecular weight excluding hydrogens is 1200 g/mol. The first kappa shape index (κ1) is 68.1. The van der Waals surface area contributed by atoms with Gasteiger partial charge in [0, 0.05) is 156 Å². The fourth-order valence-electron chi connectivity index (χ4n) is 11.1. The monoisotopic (exact) mass is 1290 g/mol. The highest BCUT2D eigenvalue weighted by molar-refractivity contribution is 6.76. The minimum Gasteiger partial charge on any atom is -0.365 e. The summed E-state index contributed by atoms with van der Waals surface area (Å²) in [4.78, 5) is 80.3. The summed E-state index contributed by atoms with van der Waals surface area (Å²) in [5.74, 6) is 1.42. The smallest absolute Gasteiger partial charge is 0.222 e. The molecule has 0 aromatic carbocycles. The van der Waals surface area contributed by atoms with Crippen LogP contribution in [0, 0.1) is 5.95 Å². The summed E-state index contributed by atoms with van der Waals surface area (Å²) in [6.45, 7) is 25.9. The van der Waals surface area contributed by atoms with Gasteiger partial charge in [0.1, 0.15) is 36.1 Å². The molecule has 4 N–H and O–H groups in total. The second-order valence-electron chi connectivity index (χ2n) is 26.3. The Labute approximate surface area is 541 Å². The van der Waals surface area contributed by atoms with Gasteiger partial charge in [-0.1, -0.05) is 45.4 Å². The van der Waals surface area contributed by atoms with E-state index in [2.05, 4.69) is 90.9 Å². The maximum Gasteiger partial charge on any atom is 0.222 e. The number of nitrogens with zero attached hydrogens (tertiary/aromatic N) is 14. The number of ether oxygens (including phenoxy) is 2. The highest BCUT2D eigenvalue weighted by Gasteiger charge is 2.26. The molecule has 22 nitrogen and oxygen atoms in total. The van der Waals surface area contributed by atoms with Crippen LogP contribution >= 0.6 is 0 Å². The number of hydrogen-bond donors (Lipinski definition) is 3. The molecule has 4 aliphatic rings. The van der Waals surface area contributed by atoms with Gasteiger partial charge in [-0.2, -0.15) is 4.39 Å². The molecule has 0 saturated carbocycles. The Morgan fingerprint density at radius 2 is 1.02 bits per heavy atom. The first-order valence-electron chi connectivity index (χ1n) is 32.0. The van der Waals surface area contributed by atoms with Gasteiger partial charge in [0.05, 0.1) is 52.6 Å². The fourth-order valence-corrected chi connectivity index (χ4v) is 12.6. The third kappa shape index (κ3) is 19.4. The standard InChI is InChI=1S/C24H34N6O2Si.C19H21N5O.C17H21FN4OSi.C7H14N2O/c1-18(31)29-11-6-7-19(16-29)27-23-20(8-5-10-25-23)22-15-26-21-9-12-30(24(21)28-22)17-32-13-14-33(2,3)4;1-13(25)24-10-4-5-14(12-24)22-19-15(6-3-9-20-19)18-11-21-16-7-2-8-17(16)23-18;1-24(2,3)10-9-23-12-22-8-6-14-17(22)21-15(11-20-14)13-5-4-7-19-16(13)18;1-6(10)9-4-2-3-7(8)5-9/h5,8-10,12,15,19H,6-7,11,13-14,16-17H2,1-4H3,(H,25,27);2-3,6-7,9,11,14H,4-5,8,10,12H2,1H3,(H,20,22);4-8,11H,9-10,12H2,1-3H3;7H,2-5,8H2,1H3/t19-;14-;;/m00../s1. The number of rotatable bonds is 17. The van der Waals surface area contributed by atoms with Gasteiger partial charge in [0.25, 0.3) is 0 Å². The van der Waals surface area contributed by atoms with E-state index in [-0.39, 0.29) is 35.8 Å².